The second-order valence-electron chi connectivity index (χ2n) is 5.38. The van der Waals surface area contributed by atoms with Crippen LogP contribution in [0.2, 0.25) is 0 Å². The molecule has 0 unspecified atom stereocenters. The molecule has 114 valence electrons. The molecule has 0 saturated carbocycles. The van der Waals surface area contributed by atoms with E-state index < -0.39 is 0 Å². The van der Waals surface area contributed by atoms with Gasteiger partial charge in [-0.1, -0.05) is 6.92 Å². The van der Waals surface area contributed by atoms with E-state index in [0.717, 1.165) is 43.4 Å². The maximum atomic E-state index is 5.69. The summed E-state index contributed by atoms with van der Waals surface area (Å²) in [6, 6.07) is 1.95. The normalized spacial score (nSPS) is 11.4. The lowest BCUT2D eigenvalue weighted by atomic mass is 10.1. The average Bonchev–Trinajstić information content (AvgIpc) is 2.37. The first kappa shape index (κ1) is 16.7. The Labute approximate surface area is 122 Å². The van der Waals surface area contributed by atoms with Crippen LogP contribution < -0.4 is 10.6 Å². The molecule has 0 radical (unpaired) electrons. The molecule has 0 spiro atoms. The summed E-state index contributed by atoms with van der Waals surface area (Å²) in [6.07, 6.45) is 1.93. The van der Waals surface area contributed by atoms with Crippen LogP contribution in [0.1, 0.15) is 46.9 Å². The van der Waals surface area contributed by atoms with E-state index in [-0.39, 0.29) is 5.60 Å². The highest BCUT2D eigenvalue weighted by molar-refractivity contribution is 5.47. The summed E-state index contributed by atoms with van der Waals surface area (Å²) in [4.78, 5) is 9.05. The number of nitrogens with one attached hydrogen (secondary N) is 2. The summed E-state index contributed by atoms with van der Waals surface area (Å²) in [7, 11) is 0. The van der Waals surface area contributed by atoms with Crippen molar-refractivity contribution in [2.75, 3.05) is 30.3 Å². The first-order valence-corrected chi connectivity index (χ1v) is 7.50. The molecule has 5 heteroatoms. The van der Waals surface area contributed by atoms with Crippen molar-refractivity contribution >= 4 is 11.6 Å². The van der Waals surface area contributed by atoms with Crippen molar-refractivity contribution in [3.8, 4) is 0 Å². The molecule has 0 aliphatic rings. The van der Waals surface area contributed by atoms with Crippen molar-refractivity contribution in [1.29, 1.82) is 0 Å². The highest BCUT2D eigenvalue weighted by Crippen LogP contribution is 2.15. The van der Waals surface area contributed by atoms with E-state index in [0.29, 0.717) is 6.61 Å². The van der Waals surface area contributed by atoms with E-state index in [1.54, 1.807) is 0 Å². The first-order valence-electron chi connectivity index (χ1n) is 7.50. The van der Waals surface area contributed by atoms with Gasteiger partial charge in [-0.2, -0.15) is 0 Å². The average molecular weight is 280 g/mol. The first-order chi connectivity index (χ1) is 9.50. The van der Waals surface area contributed by atoms with E-state index in [1.807, 2.05) is 13.0 Å². The van der Waals surface area contributed by atoms with Crippen LogP contribution in [-0.2, 0) is 11.2 Å². The molecule has 0 atom stereocenters. The summed E-state index contributed by atoms with van der Waals surface area (Å²) in [5.74, 6) is 2.61. The predicted molar refractivity (Wildman–Crippen MR) is 84.4 cm³/mol. The van der Waals surface area contributed by atoms with Gasteiger partial charge in [0.25, 0.3) is 0 Å². The minimum atomic E-state index is -0.205. The Kier molecular flexibility index (Phi) is 6.71. The second kappa shape index (κ2) is 8.04. The van der Waals surface area contributed by atoms with Crippen molar-refractivity contribution in [1.82, 2.24) is 9.97 Å². The van der Waals surface area contributed by atoms with E-state index in [1.165, 1.54) is 0 Å². The lowest BCUT2D eigenvalue weighted by molar-refractivity contribution is 0.000637. The Hall–Kier alpha value is -1.36. The lowest BCUT2D eigenvalue weighted by Crippen LogP contribution is -2.33. The molecule has 5 nitrogen and oxygen atoms in total. The lowest BCUT2D eigenvalue weighted by Gasteiger charge is -2.25. The van der Waals surface area contributed by atoms with Gasteiger partial charge in [0.05, 0.1) is 5.60 Å². The Bertz CT molecular complexity index is 383. The molecule has 1 aromatic rings. The van der Waals surface area contributed by atoms with Gasteiger partial charge in [-0.25, -0.2) is 9.97 Å². The number of nitrogens with zero attached hydrogens (tertiary/aromatic N) is 2. The van der Waals surface area contributed by atoms with Crippen LogP contribution in [0.25, 0.3) is 0 Å². The topological polar surface area (TPSA) is 59.1 Å². The predicted octanol–water partition coefficient (Wildman–Crippen LogP) is 3.09. The molecule has 2 N–H and O–H groups in total. The molecule has 0 aromatic carbocycles. The zero-order chi connectivity index (χ0) is 15.0. The van der Waals surface area contributed by atoms with Crippen molar-refractivity contribution in [2.45, 2.75) is 53.1 Å². The SMILES string of the molecule is CCCc1nc(NCC)cc(NCC(C)(C)OCC)n1. The van der Waals surface area contributed by atoms with Gasteiger partial charge < -0.3 is 15.4 Å². The van der Waals surface area contributed by atoms with Gasteiger partial charge in [-0.3, -0.25) is 0 Å². The monoisotopic (exact) mass is 280 g/mol. The summed E-state index contributed by atoms with van der Waals surface area (Å²) in [5.41, 5.74) is -0.205. The van der Waals surface area contributed by atoms with Gasteiger partial charge in [0.15, 0.2) is 0 Å². The Morgan fingerprint density at radius 2 is 1.75 bits per heavy atom. The van der Waals surface area contributed by atoms with Gasteiger partial charge in [0.2, 0.25) is 0 Å². The molecule has 0 saturated heterocycles. The van der Waals surface area contributed by atoms with Gasteiger partial charge in [-0.15, -0.1) is 0 Å². The Balaban J connectivity index is 2.77. The van der Waals surface area contributed by atoms with Crippen LogP contribution in [0, 0.1) is 0 Å². The van der Waals surface area contributed by atoms with Crippen LogP contribution >= 0.6 is 0 Å². The molecule has 0 fully saturated rings. The molecular formula is C15H28N4O. The van der Waals surface area contributed by atoms with E-state index in [2.05, 4.69) is 48.3 Å². The Morgan fingerprint density at radius 1 is 1.10 bits per heavy atom. The number of hydrogen-bond donors (Lipinski definition) is 2. The summed E-state index contributed by atoms with van der Waals surface area (Å²) in [5, 5.41) is 6.60. The highest BCUT2D eigenvalue weighted by Gasteiger charge is 2.17. The highest BCUT2D eigenvalue weighted by atomic mass is 16.5. The number of aromatic nitrogens is 2. The number of anilines is 2. The van der Waals surface area contributed by atoms with E-state index in [9.17, 15) is 0 Å². The van der Waals surface area contributed by atoms with Crippen molar-refractivity contribution < 1.29 is 4.74 Å². The molecule has 0 amide bonds. The van der Waals surface area contributed by atoms with E-state index in [4.69, 9.17) is 4.74 Å². The fourth-order valence-corrected chi connectivity index (χ4v) is 1.94. The molecular weight excluding hydrogens is 252 g/mol. The van der Waals surface area contributed by atoms with Gasteiger partial charge in [0.1, 0.15) is 17.5 Å². The molecule has 20 heavy (non-hydrogen) atoms. The maximum absolute atomic E-state index is 5.69. The van der Waals surface area contributed by atoms with Crippen molar-refractivity contribution in [3.63, 3.8) is 0 Å². The zero-order valence-electron chi connectivity index (χ0n) is 13.4. The molecule has 0 bridgehead atoms. The minimum Gasteiger partial charge on any atom is -0.374 e. The maximum Gasteiger partial charge on any atom is 0.133 e. The third kappa shape index (κ3) is 5.74. The summed E-state index contributed by atoms with van der Waals surface area (Å²) >= 11 is 0. The number of hydrogen-bond acceptors (Lipinski definition) is 5. The third-order valence-corrected chi connectivity index (χ3v) is 2.83. The standard InChI is InChI=1S/C15H28N4O/c1-6-9-12-18-13(16-7-2)10-14(19-12)17-11-15(4,5)20-8-3/h10H,6-9,11H2,1-5H3,(H2,16,17,18,19). The van der Waals surface area contributed by atoms with Gasteiger partial charge in [0, 0.05) is 32.2 Å². The number of aryl methyl sites for hydroxylation is 1. The molecule has 0 aliphatic heterocycles. The van der Waals surface area contributed by atoms with Gasteiger partial charge >= 0.3 is 0 Å². The number of ether oxygens (including phenoxy) is 1. The molecule has 1 heterocycles. The third-order valence-electron chi connectivity index (χ3n) is 2.83. The Morgan fingerprint density at radius 3 is 2.30 bits per heavy atom. The van der Waals surface area contributed by atoms with Gasteiger partial charge in [-0.05, 0) is 34.1 Å². The molecule has 0 aliphatic carbocycles. The van der Waals surface area contributed by atoms with Crippen LogP contribution in [0.15, 0.2) is 6.07 Å². The zero-order valence-corrected chi connectivity index (χ0v) is 13.4. The van der Waals surface area contributed by atoms with Crippen LogP contribution in [-0.4, -0.2) is 35.3 Å². The second-order valence-corrected chi connectivity index (χ2v) is 5.38. The fraction of sp³-hybridized carbons (Fsp3) is 0.733. The summed E-state index contributed by atoms with van der Waals surface area (Å²) < 4.78 is 5.69. The molecule has 1 aromatic heterocycles. The van der Waals surface area contributed by atoms with E-state index >= 15 is 0 Å². The van der Waals surface area contributed by atoms with Crippen molar-refractivity contribution in [2.24, 2.45) is 0 Å². The largest absolute Gasteiger partial charge is 0.374 e. The van der Waals surface area contributed by atoms with Crippen LogP contribution in [0.5, 0.6) is 0 Å². The fourth-order valence-electron chi connectivity index (χ4n) is 1.94. The quantitative estimate of drug-likeness (QED) is 0.728. The van der Waals surface area contributed by atoms with Crippen LogP contribution in [0.4, 0.5) is 11.6 Å². The van der Waals surface area contributed by atoms with Crippen LogP contribution in [0.3, 0.4) is 0 Å². The molecule has 1 rings (SSSR count). The minimum absolute atomic E-state index is 0.205. The number of rotatable bonds is 9. The van der Waals surface area contributed by atoms with Crippen molar-refractivity contribution in [3.05, 3.63) is 11.9 Å². The summed E-state index contributed by atoms with van der Waals surface area (Å²) in [6.45, 7) is 12.6. The smallest absolute Gasteiger partial charge is 0.133 e.